The van der Waals surface area contributed by atoms with Crippen molar-refractivity contribution in [2.45, 2.75) is 20.4 Å². The lowest BCUT2D eigenvalue weighted by Gasteiger charge is -2.35. The molecule has 0 atom stereocenters. The number of hydrogen-bond acceptors (Lipinski definition) is 7. The first-order valence-corrected chi connectivity index (χ1v) is 8.79. The minimum absolute atomic E-state index is 0.0462. The SMILES string of the molecule is Cc1cc(N2CCN(CCn3nc(C)ccc3=O)CC2)n2ncnc2n1. The predicted molar refractivity (Wildman–Crippen MR) is 97.4 cm³/mol. The Kier molecular flexibility index (Phi) is 4.37. The van der Waals surface area contributed by atoms with Gasteiger partial charge in [-0.2, -0.15) is 19.7 Å². The van der Waals surface area contributed by atoms with Crippen LogP contribution in [-0.4, -0.2) is 67.0 Å². The molecule has 1 fully saturated rings. The average molecular weight is 354 g/mol. The molecular formula is C17H22N8O. The maximum absolute atomic E-state index is 11.9. The summed E-state index contributed by atoms with van der Waals surface area (Å²) in [6.45, 7) is 8.96. The third-order valence-corrected chi connectivity index (χ3v) is 4.69. The van der Waals surface area contributed by atoms with E-state index in [1.807, 2.05) is 19.9 Å². The molecule has 0 unspecified atom stereocenters. The van der Waals surface area contributed by atoms with Crippen LogP contribution in [0.1, 0.15) is 11.4 Å². The monoisotopic (exact) mass is 354 g/mol. The Morgan fingerprint density at radius 3 is 2.65 bits per heavy atom. The van der Waals surface area contributed by atoms with Crippen LogP contribution in [-0.2, 0) is 6.54 Å². The van der Waals surface area contributed by atoms with Crippen LogP contribution in [0.3, 0.4) is 0 Å². The third kappa shape index (κ3) is 3.30. The van der Waals surface area contributed by atoms with Crippen molar-refractivity contribution in [3.63, 3.8) is 0 Å². The average Bonchev–Trinajstić information content (AvgIpc) is 3.10. The number of rotatable bonds is 4. The van der Waals surface area contributed by atoms with Crippen molar-refractivity contribution in [3.8, 4) is 0 Å². The van der Waals surface area contributed by atoms with E-state index in [0.29, 0.717) is 12.3 Å². The third-order valence-electron chi connectivity index (χ3n) is 4.69. The fourth-order valence-electron chi connectivity index (χ4n) is 3.28. The van der Waals surface area contributed by atoms with Gasteiger partial charge in [-0.3, -0.25) is 9.69 Å². The Morgan fingerprint density at radius 2 is 1.85 bits per heavy atom. The van der Waals surface area contributed by atoms with Crippen LogP contribution < -0.4 is 10.5 Å². The fourth-order valence-corrected chi connectivity index (χ4v) is 3.28. The van der Waals surface area contributed by atoms with E-state index in [4.69, 9.17) is 0 Å². The maximum atomic E-state index is 11.9. The minimum Gasteiger partial charge on any atom is -0.354 e. The van der Waals surface area contributed by atoms with Gasteiger partial charge in [0, 0.05) is 50.6 Å². The van der Waals surface area contributed by atoms with Gasteiger partial charge in [0.25, 0.3) is 11.3 Å². The molecule has 1 aliphatic rings. The Balaban J connectivity index is 1.40. The van der Waals surface area contributed by atoms with E-state index in [1.165, 1.54) is 6.33 Å². The van der Waals surface area contributed by atoms with Crippen molar-refractivity contribution < 1.29 is 0 Å². The lowest BCUT2D eigenvalue weighted by Crippen LogP contribution is -2.48. The molecule has 4 heterocycles. The summed E-state index contributed by atoms with van der Waals surface area (Å²) in [5, 5.41) is 8.59. The lowest BCUT2D eigenvalue weighted by atomic mass is 10.3. The number of nitrogens with zero attached hydrogens (tertiary/aromatic N) is 8. The van der Waals surface area contributed by atoms with Crippen LogP contribution in [0.5, 0.6) is 0 Å². The Bertz CT molecular complexity index is 970. The highest BCUT2D eigenvalue weighted by Gasteiger charge is 2.20. The molecule has 0 bridgehead atoms. The summed E-state index contributed by atoms with van der Waals surface area (Å²) in [5.74, 6) is 1.66. The van der Waals surface area contributed by atoms with E-state index in [9.17, 15) is 4.79 Å². The van der Waals surface area contributed by atoms with E-state index in [1.54, 1.807) is 21.3 Å². The topological polar surface area (TPSA) is 84.5 Å². The van der Waals surface area contributed by atoms with Crippen LogP contribution in [0.15, 0.2) is 29.3 Å². The molecule has 0 N–H and O–H groups in total. The largest absolute Gasteiger partial charge is 0.354 e. The highest BCUT2D eigenvalue weighted by atomic mass is 16.1. The predicted octanol–water partition coefficient (Wildman–Crippen LogP) is 0.120. The summed E-state index contributed by atoms with van der Waals surface area (Å²) in [7, 11) is 0. The second-order valence-electron chi connectivity index (χ2n) is 6.59. The molecule has 3 aromatic rings. The Hall–Kier alpha value is -2.81. The van der Waals surface area contributed by atoms with E-state index in [0.717, 1.165) is 49.9 Å². The number of hydrogen-bond donors (Lipinski definition) is 0. The van der Waals surface area contributed by atoms with Crippen molar-refractivity contribution in [1.82, 2.24) is 34.3 Å². The smallest absolute Gasteiger partial charge is 0.266 e. The minimum atomic E-state index is -0.0462. The van der Waals surface area contributed by atoms with Gasteiger partial charge in [0.15, 0.2) is 0 Å². The first kappa shape index (κ1) is 16.6. The summed E-state index contributed by atoms with van der Waals surface area (Å²) in [6.07, 6.45) is 1.54. The van der Waals surface area contributed by atoms with Gasteiger partial charge in [0.1, 0.15) is 12.1 Å². The van der Waals surface area contributed by atoms with Gasteiger partial charge in [-0.1, -0.05) is 0 Å². The van der Waals surface area contributed by atoms with Crippen molar-refractivity contribution >= 4 is 11.6 Å². The van der Waals surface area contributed by atoms with Gasteiger partial charge in [-0.05, 0) is 19.9 Å². The summed E-state index contributed by atoms with van der Waals surface area (Å²) < 4.78 is 3.34. The van der Waals surface area contributed by atoms with Crippen LogP contribution >= 0.6 is 0 Å². The zero-order valence-electron chi connectivity index (χ0n) is 15.0. The molecule has 26 heavy (non-hydrogen) atoms. The summed E-state index contributed by atoms with van der Waals surface area (Å²) in [5.41, 5.74) is 1.75. The number of aryl methyl sites for hydroxylation is 2. The molecule has 1 saturated heterocycles. The molecule has 4 rings (SSSR count). The standard InChI is InChI=1S/C17H22N8O/c1-13-3-4-16(26)24(21-13)10-7-22-5-8-23(9-6-22)15-11-14(2)20-17-18-12-19-25(15)17/h3-4,11-12H,5-10H2,1-2H3. The zero-order valence-corrected chi connectivity index (χ0v) is 15.0. The first-order chi connectivity index (χ1) is 12.6. The summed E-state index contributed by atoms with van der Waals surface area (Å²) >= 11 is 0. The zero-order chi connectivity index (χ0) is 18.1. The highest BCUT2D eigenvalue weighted by Crippen LogP contribution is 2.17. The number of aromatic nitrogens is 6. The first-order valence-electron chi connectivity index (χ1n) is 8.79. The Morgan fingerprint density at radius 1 is 1.04 bits per heavy atom. The molecule has 9 nitrogen and oxygen atoms in total. The number of piperazine rings is 1. The summed E-state index contributed by atoms with van der Waals surface area (Å²) in [4.78, 5) is 25.1. The molecule has 3 aromatic heterocycles. The maximum Gasteiger partial charge on any atom is 0.266 e. The number of fused-ring (bicyclic) bond motifs is 1. The molecular weight excluding hydrogens is 332 g/mol. The van der Waals surface area contributed by atoms with Crippen molar-refractivity contribution in [2.24, 2.45) is 0 Å². The Labute approximate surface area is 150 Å². The lowest BCUT2D eigenvalue weighted by molar-refractivity contribution is 0.241. The highest BCUT2D eigenvalue weighted by molar-refractivity contribution is 5.47. The molecule has 1 aliphatic heterocycles. The van der Waals surface area contributed by atoms with Crippen LogP contribution in [0.25, 0.3) is 5.78 Å². The van der Waals surface area contributed by atoms with Gasteiger partial charge in [-0.25, -0.2) is 9.67 Å². The number of anilines is 1. The molecule has 0 amide bonds. The quantitative estimate of drug-likeness (QED) is 0.658. The van der Waals surface area contributed by atoms with E-state index in [2.05, 4.69) is 30.0 Å². The van der Waals surface area contributed by atoms with Crippen LogP contribution in [0.4, 0.5) is 5.82 Å². The second-order valence-corrected chi connectivity index (χ2v) is 6.59. The van der Waals surface area contributed by atoms with Crippen molar-refractivity contribution in [2.75, 3.05) is 37.6 Å². The molecule has 9 heteroatoms. The van der Waals surface area contributed by atoms with Crippen molar-refractivity contribution in [3.05, 3.63) is 46.3 Å². The molecule has 0 radical (unpaired) electrons. The molecule has 0 aliphatic carbocycles. The van der Waals surface area contributed by atoms with Gasteiger partial charge >= 0.3 is 0 Å². The van der Waals surface area contributed by atoms with Crippen LogP contribution in [0, 0.1) is 13.8 Å². The van der Waals surface area contributed by atoms with E-state index >= 15 is 0 Å². The normalized spacial score (nSPS) is 15.7. The van der Waals surface area contributed by atoms with Crippen LogP contribution in [0.2, 0.25) is 0 Å². The van der Waals surface area contributed by atoms with E-state index in [-0.39, 0.29) is 5.56 Å². The fraction of sp³-hybridized carbons (Fsp3) is 0.471. The molecule has 136 valence electrons. The van der Waals surface area contributed by atoms with Gasteiger partial charge in [0.2, 0.25) is 0 Å². The van der Waals surface area contributed by atoms with Gasteiger partial charge in [-0.15, -0.1) is 0 Å². The van der Waals surface area contributed by atoms with Gasteiger partial charge < -0.3 is 4.90 Å². The summed E-state index contributed by atoms with van der Waals surface area (Å²) in [6, 6.07) is 5.38. The molecule has 0 saturated carbocycles. The van der Waals surface area contributed by atoms with Gasteiger partial charge in [0.05, 0.1) is 12.2 Å². The molecule has 0 spiro atoms. The second kappa shape index (κ2) is 6.83. The van der Waals surface area contributed by atoms with Crippen molar-refractivity contribution in [1.29, 1.82) is 0 Å². The van der Waals surface area contributed by atoms with E-state index < -0.39 is 0 Å². The molecule has 0 aromatic carbocycles.